The van der Waals surface area contributed by atoms with Gasteiger partial charge in [-0.25, -0.2) is 0 Å². The van der Waals surface area contributed by atoms with E-state index in [0.717, 1.165) is 0 Å². The van der Waals surface area contributed by atoms with E-state index in [0.29, 0.717) is 0 Å². The minimum absolute atomic E-state index is 0.0830. The summed E-state index contributed by atoms with van der Waals surface area (Å²) >= 11 is 0. The number of nitrogens with zero attached hydrogens (tertiary/aromatic N) is 4. The molecule has 76 valence electrons. The number of hydrogen-bond donors (Lipinski definition) is 2. The van der Waals surface area contributed by atoms with Crippen molar-refractivity contribution in [3.63, 3.8) is 0 Å². The number of aromatic amines is 1. The van der Waals surface area contributed by atoms with Crippen molar-refractivity contribution in [1.29, 1.82) is 0 Å². The van der Waals surface area contributed by atoms with Crippen LogP contribution in [0.15, 0.2) is 0 Å². The fourth-order valence-corrected chi connectivity index (χ4v) is 0.651. The predicted octanol–water partition coefficient (Wildman–Crippen LogP) is -1.98. The fourth-order valence-electron chi connectivity index (χ4n) is 0.651. The van der Waals surface area contributed by atoms with E-state index in [2.05, 4.69) is 25.9 Å². The molecule has 0 aliphatic rings. The third-order valence-corrected chi connectivity index (χ3v) is 1.45. The van der Waals surface area contributed by atoms with Gasteiger partial charge in [0.05, 0.1) is 6.54 Å². The van der Waals surface area contributed by atoms with Gasteiger partial charge in [-0.15, -0.1) is 10.2 Å². The maximum absolute atomic E-state index is 11.2. The normalized spacial score (nSPS) is 9.57. The zero-order valence-electron chi connectivity index (χ0n) is 7.81. The van der Waals surface area contributed by atoms with Crippen LogP contribution >= 0.6 is 0 Å². The van der Waals surface area contributed by atoms with Crippen molar-refractivity contribution in [2.45, 2.75) is 0 Å². The zero-order chi connectivity index (χ0) is 10.6. The molecular formula is C6H10N6O2. The molecule has 0 radical (unpaired) electrons. The summed E-state index contributed by atoms with van der Waals surface area (Å²) < 4.78 is 0. The molecule has 0 saturated carbocycles. The van der Waals surface area contributed by atoms with Crippen LogP contribution in [0.2, 0.25) is 0 Å². The van der Waals surface area contributed by atoms with E-state index >= 15 is 0 Å². The van der Waals surface area contributed by atoms with Crippen LogP contribution in [0.1, 0.15) is 10.6 Å². The molecule has 14 heavy (non-hydrogen) atoms. The second-order valence-electron chi connectivity index (χ2n) is 2.71. The highest BCUT2D eigenvalue weighted by molar-refractivity contribution is 5.93. The molecule has 8 heteroatoms. The van der Waals surface area contributed by atoms with E-state index < -0.39 is 5.91 Å². The number of amides is 2. The van der Waals surface area contributed by atoms with Gasteiger partial charge in [0, 0.05) is 14.1 Å². The summed E-state index contributed by atoms with van der Waals surface area (Å²) in [6.45, 7) is -0.0830. The summed E-state index contributed by atoms with van der Waals surface area (Å²) in [5, 5.41) is 14.6. The first-order chi connectivity index (χ1) is 6.61. The van der Waals surface area contributed by atoms with E-state index in [4.69, 9.17) is 0 Å². The Hall–Kier alpha value is -1.99. The summed E-state index contributed by atoms with van der Waals surface area (Å²) in [4.78, 5) is 23.6. The molecule has 1 aromatic heterocycles. The highest BCUT2D eigenvalue weighted by Crippen LogP contribution is 1.83. The van der Waals surface area contributed by atoms with Gasteiger partial charge in [0.1, 0.15) is 0 Å². The van der Waals surface area contributed by atoms with E-state index in [1.165, 1.54) is 4.90 Å². The molecule has 0 unspecified atom stereocenters. The number of nitrogens with one attached hydrogen (secondary N) is 2. The van der Waals surface area contributed by atoms with Gasteiger partial charge in [0.2, 0.25) is 5.91 Å². The Kier molecular flexibility index (Phi) is 3.10. The molecule has 0 bridgehead atoms. The van der Waals surface area contributed by atoms with Crippen LogP contribution in [0.3, 0.4) is 0 Å². The number of rotatable bonds is 3. The SMILES string of the molecule is CN(C)C(=O)CNC(=O)c1nn[nH]n1. The van der Waals surface area contributed by atoms with Gasteiger partial charge in [-0.1, -0.05) is 0 Å². The molecule has 0 aliphatic heterocycles. The topological polar surface area (TPSA) is 104 Å². The Balaban J connectivity index is 2.40. The summed E-state index contributed by atoms with van der Waals surface area (Å²) in [7, 11) is 3.20. The predicted molar refractivity (Wildman–Crippen MR) is 45.2 cm³/mol. The zero-order valence-corrected chi connectivity index (χ0v) is 7.81. The highest BCUT2D eigenvalue weighted by Gasteiger charge is 2.12. The Bertz CT molecular complexity index is 319. The van der Waals surface area contributed by atoms with Crippen LogP contribution in [-0.4, -0.2) is 58.0 Å². The number of carbonyl (C=O) groups excluding carboxylic acids is 2. The monoisotopic (exact) mass is 198 g/mol. The number of likely N-dealkylation sites (N-methyl/N-ethyl adjacent to an activating group) is 1. The first-order valence-electron chi connectivity index (χ1n) is 3.83. The van der Waals surface area contributed by atoms with Crippen LogP contribution in [-0.2, 0) is 4.79 Å². The van der Waals surface area contributed by atoms with Crippen molar-refractivity contribution >= 4 is 11.8 Å². The Morgan fingerprint density at radius 1 is 1.50 bits per heavy atom. The smallest absolute Gasteiger partial charge is 0.293 e. The van der Waals surface area contributed by atoms with Crippen molar-refractivity contribution in [3.05, 3.63) is 5.82 Å². The van der Waals surface area contributed by atoms with Gasteiger partial charge in [-0.05, 0) is 5.21 Å². The van der Waals surface area contributed by atoms with Crippen LogP contribution in [0.5, 0.6) is 0 Å². The minimum atomic E-state index is -0.533. The molecule has 1 rings (SSSR count). The molecule has 0 atom stereocenters. The molecule has 0 aromatic carbocycles. The molecule has 0 fully saturated rings. The fraction of sp³-hybridized carbons (Fsp3) is 0.500. The van der Waals surface area contributed by atoms with Crippen molar-refractivity contribution in [2.75, 3.05) is 20.6 Å². The number of aromatic nitrogens is 4. The third kappa shape index (κ3) is 2.51. The Morgan fingerprint density at radius 2 is 2.21 bits per heavy atom. The Labute approximate surface area is 79.7 Å². The molecule has 8 nitrogen and oxygen atoms in total. The molecular weight excluding hydrogens is 188 g/mol. The van der Waals surface area contributed by atoms with Gasteiger partial charge < -0.3 is 10.2 Å². The molecule has 1 aromatic rings. The third-order valence-electron chi connectivity index (χ3n) is 1.45. The van der Waals surface area contributed by atoms with Crippen molar-refractivity contribution in [1.82, 2.24) is 30.8 Å². The number of H-pyrrole nitrogens is 1. The van der Waals surface area contributed by atoms with Gasteiger partial charge in [0.15, 0.2) is 0 Å². The summed E-state index contributed by atoms with van der Waals surface area (Å²) in [6, 6.07) is 0. The molecule has 0 spiro atoms. The summed E-state index contributed by atoms with van der Waals surface area (Å²) in [5.74, 6) is -0.827. The van der Waals surface area contributed by atoms with E-state index in [1.807, 2.05) is 0 Å². The van der Waals surface area contributed by atoms with E-state index in [9.17, 15) is 9.59 Å². The van der Waals surface area contributed by atoms with Crippen LogP contribution < -0.4 is 5.32 Å². The lowest BCUT2D eigenvalue weighted by Crippen LogP contribution is -2.36. The number of hydrogen-bond acceptors (Lipinski definition) is 5. The first-order valence-corrected chi connectivity index (χ1v) is 3.83. The summed E-state index contributed by atoms with van der Waals surface area (Å²) in [6.07, 6.45) is 0. The van der Waals surface area contributed by atoms with Gasteiger partial charge in [-0.2, -0.15) is 5.21 Å². The highest BCUT2D eigenvalue weighted by atomic mass is 16.2. The molecule has 0 aliphatic carbocycles. The lowest BCUT2D eigenvalue weighted by molar-refractivity contribution is -0.127. The second kappa shape index (κ2) is 4.30. The van der Waals surface area contributed by atoms with Crippen LogP contribution in [0.4, 0.5) is 0 Å². The largest absolute Gasteiger partial charge is 0.347 e. The standard InChI is InChI=1S/C6H10N6O2/c1-12(2)4(13)3-7-6(14)5-8-10-11-9-5/h3H2,1-2H3,(H,7,14)(H,8,9,10,11). The number of carbonyl (C=O) groups is 2. The average Bonchev–Trinajstić information content (AvgIpc) is 2.66. The van der Waals surface area contributed by atoms with Crippen molar-refractivity contribution in [3.8, 4) is 0 Å². The minimum Gasteiger partial charge on any atom is -0.347 e. The maximum Gasteiger partial charge on any atom is 0.293 e. The molecule has 2 amide bonds. The van der Waals surface area contributed by atoms with Crippen molar-refractivity contribution in [2.24, 2.45) is 0 Å². The molecule has 2 N–H and O–H groups in total. The maximum atomic E-state index is 11.2. The second-order valence-corrected chi connectivity index (χ2v) is 2.71. The summed E-state index contributed by atoms with van der Waals surface area (Å²) in [5.41, 5.74) is 0. The lowest BCUT2D eigenvalue weighted by Gasteiger charge is -2.09. The van der Waals surface area contributed by atoms with E-state index in [-0.39, 0.29) is 18.3 Å². The molecule has 0 saturated heterocycles. The van der Waals surface area contributed by atoms with Gasteiger partial charge in [0.25, 0.3) is 11.7 Å². The molecule has 1 heterocycles. The lowest BCUT2D eigenvalue weighted by atomic mass is 10.5. The van der Waals surface area contributed by atoms with Gasteiger partial charge in [-0.3, -0.25) is 9.59 Å². The first kappa shape index (κ1) is 10.1. The van der Waals surface area contributed by atoms with Crippen LogP contribution in [0.25, 0.3) is 0 Å². The van der Waals surface area contributed by atoms with Crippen molar-refractivity contribution < 1.29 is 9.59 Å². The van der Waals surface area contributed by atoms with Gasteiger partial charge >= 0.3 is 0 Å². The quantitative estimate of drug-likeness (QED) is 0.585. The van der Waals surface area contributed by atoms with Crippen LogP contribution in [0, 0.1) is 0 Å². The average molecular weight is 198 g/mol. The van der Waals surface area contributed by atoms with E-state index in [1.54, 1.807) is 14.1 Å². The number of tetrazole rings is 1. The Morgan fingerprint density at radius 3 is 2.71 bits per heavy atom.